The van der Waals surface area contributed by atoms with Crippen molar-refractivity contribution in [1.29, 1.82) is 0 Å². The molecule has 0 bridgehead atoms. The summed E-state index contributed by atoms with van der Waals surface area (Å²) >= 11 is 6.06. The molecule has 1 aromatic heterocycles. The van der Waals surface area contributed by atoms with E-state index in [1.165, 1.54) is 6.26 Å². The summed E-state index contributed by atoms with van der Waals surface area (Å²) in [6.45, 7) is 3.79. The van der Waals surface area contributed by atoms with Crippen molar-refractivity contribution in [2.45, 2.75) is 26.4 Å². The number of aromatic nitrogens is 1. The summed E-state index contributed by atoms with van der Waals surface area (Å²) in [5.74, 6) is 0.556. The number of benzene rings is 1. The maximum atomic E-state index is 12.1. The fourth-order valence-corrected chi connectivity index (χ4v) is 1.82. The predicted molar refractivity (Wildman–Crippen MR) is 76.0 cm³/mol. The van der Waals surface area contributed by atoms with E-state index in [-0.39, 0.29) is 5.91 Å². The predicted octanol–water partition coefficient (Wildman–Crippen LogP) is 3.43. The van der Waals surface area contributed by atoms with Gasteiger partial charge in [0, 0.05) is 6.07 Å². The summed E-state index contributed by atoms with van der Waals surface area (Å²) in [7, 11) is 0. The van der Waals surface area contributed by atoms with E-state index in [1.807, 2.05) is 19.9 Å². The molecule has 2 aromatic rings. The van der Waals surface area contributed by atoms with Crippen LogP contribution in [0.2, 0.25) is 5.02 Å². The zero-order chi connectivity index (χ0) is 14.5. The highest BCUT2D eigenvalue weighted by molar-refractivity contribution is 6.32. The van der Waals surface area contributed by atoms with Crippen LogP contribution < -0.4 is 10.1 Å². The Hall–Kier alpha value is -2.01. The minimum Gasteiger partial charge on any atom is -0.479 e. The molecule has 0 aliphatic rings. The van der Waals surface area contributed by atoms with Crippen molar-refractivity contribution in [1.82, 2.24) is 5.16 Å². The van der Waals surface area contributed by atoms with Crippen molar-refractivity contribution in [3.63, 3.8) is 0 Å². The lowest BCUT2D eigenvalue weighted by atomic mass is 10.2. The van der Waals surface area contributed by atoms with Gasteiger partial charge in [0.1, 0.15) is 12.0 Å². The fourth-order valence-electron chi connectivity index (χ4n) is 1.66. The van der Waals surface area contributed by atoms with Gasteiger partial charge in [-0.05, 0) is 31.0 Å². The molecule has 2 rings (SSSR count). The summed E-state index contributed by atoms with van der Waals surface area (Å²) in [4.78, 5) is 12.1. The summed E-state index contributed by atoms with van der Waals surface area (Å²) in [5, 5.41) is 6.71. The molecule has 0 aliphatic heterocycles. The number of amides is 1. The zero-order valence-electron chi connectivity index (χ0n) is 11.2. The van der Waals surface area contributed by atoms with Crippen LogP contribution in [0.4, 0.5) is 5.82 Å². The molecule has 0 aliphatic carbocycles. The van der Waals surface area contributed by atoms with E-state index in [4.69, 9.17) is 16.3 Å². The zero-order valence-corrected chi connectivity index (χ0v) is 12.0. The van der Waals surface area contributed by atoms with E-state index in [0.29, 0.717) is 23.0 Å². The van der Waals surface area contributed by atoms with Crippen LogP contribution in [0.5, 0.6) is 5.75 Å². The Morgan fingerprint density at radius 2 is 2.30 bits per heavy atom. The highest BCUT2D eigenvalue weighted by atomic mass is 35.5. The molecule has 1 N–H and O–H groups in total. The lowest BCUT2D eigenvalue weighted by Crippen LogP contribution is -2.32. The lowest BCUT2D eigenvalue weighted by Gasteiger charge is -2.17. The van der Waals surface area contributed by atoms with Crippen molar-refractivity contribution in [3.05, 3.63) is 41.1 Å². The van der Waals surface area contributed by atoms with Gasteiger partial charge in [-0.25, -0.2) is 0 Å². The Morgan fingerprint density at radius 3 is 2.95 bits per heavy atom. The first kappa shape index (κ1) is 14.4. The van der Waals surface area contributed by atoms with Gasteiger partial charge in [0.25, 0.3) is 5.91 Å². The van der Waals surface area contributed by atoms with Crippen LogP contribution in [0.15, 0.2) is 35.1 Å². The van der Waals surface area contributed by atoms with Crippen molar-refractivity contribution in [2.75, 3.05) is 5.32 Å². The minimum absolute atomic E-state index is 0.293. The molecule has 20 heavy (non-hydrogen) atoms. The molecule has 0 radical (unpaired) electrons. The number of rotatable bonds is 5. The molecule has 0 spiro atoms. The number of hydrogen-bond acceptors (Lipinski definition) is 4. The van der Waals surface area contributed by atoms with Gasteiger partial charge in [0.15, 0.2) is 11.9 Å². The fraction of sp³-hybridized carbons (Fsp3) is 0.286. The second-order valence-electron chi connectivity index (χ2n) is 4.32. The third kappa shape index (κ3) is 3.51. The highest BCUT2D eigenvalue weighted by Crippen LogP contribution is 2.27. The molecule has 5 nitrogen and oxygen atoms in total. The smallest absolute Gasteiger partial charge is 0.266 e. The van der Waals surface area contributed by atoms with E-state index in [0.717, 1.165) is 5.56 Å². The van der Waals surface area contributed by atoms with Crippen molar-refractivity contribution in [3.8, 4) is 5.75 Å². The van der Waals surface area contributed by atoms with Gasteiger partial charge in [-0.2, -0.15) is 0 Å². The van der Waals surface area contributed by atoms with Crippen LogP contribution in [-0.4, -0.2) is 17.2 Å². The molecule has 106 valence electrons. The van der Waals surface area contributed by atoms with Gasteiger partial charge < -0.3 is 14.6 Å². The van der Waals surface area contributed by atoms with Crippen LogP contribution in [0.25, 0.3) is 0 Å². The van der Waals surface area contributed by atoms with Gasteiger partial charge in [-0.3, -0.25) is 4.79 Å². The molecule has 1 atom stereocenters. The van der Waals surface area contributed by atoms with Crippen molar-refractivity contribution < 1.29 is 14.1 Å². The van der Waals surface area contributed by atoms with Gasteiger partial charge in [0.2, 0.25) is 0 Å². The number of carbonyl (C=O) groups is 1. The first-order chi connectivity index (χ1) is 9.60. The summed E-state index contributed by atoms with van der Waals surface area (Å²) in [6.07, 6.45) is 1.24. The number of ether oxygens (including phenoxy) is 1. The Labute approximate surface area is 121 Å². The van der Waals surface area contributed by atoms with Gasteiger partial charge in [0.05, 0.1) is 5.02 Å². The lowest BCUT2D eigenvalue weighted by molar-refractivity contribution is -0.122. The molecule has 0 saturated heterocycles. The Balaban J connectivity index is 2.08. The third-order valence-corrected chi connectivity index (χ3v) is 3.02. The molecule has 0 saturated carbocycles. The third-order valence-electron chi connectivity index (χ3n) is 2.71. The molecular formula is C14H15ClN2O3. The summed E-state index contributed by atoms with van der Waals surface area (Å²) in [5.41, 5.74) is 1.01. The Morgan fingerprint density at radius 1 is 1.50 bits per heavy atom. The molecule has 1 heterocycles. The van der Waals surface area contributed by atoms with Crippen LogP contribution in [0.3, 0.4) is 0 Å². The van der Waals surface area contributed by atoms with Crippen molar-refractivity contribution >= 4 is 23.3 Å². The van der Waals surface area contributed by atoms with Gasteiger partial charge in [-0.15, -0.1) is 0 Å². The van der Waals surface area contributed by atoms with Gasteiger partial charge in [-0.1, -0.05) is 29.7 Å². The van der Waals surface area contributed by atoms with E-state index in [2.05, 4.69) is 15.0 Å². The second kappa shape index (κ2) is 6.43. The van der Waals surface area contributed by atoms with Crippen LogP contribution in [0, 0.1) is 6.92 Å². The largest absolute Gasteiger partial charge is 0.479 e. The minimum atomic E-state index is -0.647. The normalized spacial score (nSPS) is 11.9. The number of aryl methyl sites for hydroxylation is 1. The van der Waals surface area contributed by atoms with E-state index < -0.39 is 6.10 Å². The molecule has 6 heteroatoms. The van der Waals surface area contributed by atoms with Gasteiger partial charge >= 0.3 is 0 Å². The second-order valence-corrected chi connectivity index (χ2v) is 4.73. The van der Waals surface area contributed by atoms with Crippen LogP contribution in [0.1, 0.15) is 18.9 Å². The number of nitrogens with one attached hydrogen (secondary N) is 1. The van der Waals surface area contributed by atoms with Crippen LogP contribution in [-0.2, 0) is 4.79 Å². The number of anilines is 1. The highest BCUT2D eigenvalue weighted by Gasteiger charge is 2.20. The first-order valence-corrected chi connectivity index (χ1v) is 6.62. The molecule has 0 fully saturated rings. The molecule has 1 amide bonds. The SMILES string of the molecule is CC[C@H](Oc1cc(C)ccc1Cl)C(=O)Nc1ccon1. The van der Waals surface area contributed by atoms with Crippen LogP contribution >= 0.6 is 11.6 Å². The van der Waals surface area contributed by atoms with E-state index >= 15 is 0 Å². The molecular weight excluding hydrogens is 280 g/mol. The maximum Gasteiger partial charge on any atom is 0.266 e. The average Bonchev–Trinajstić information content (AvgIpc) is 2.92. The maximum absolute atomic E-state index is 12.1. The summed E-state index contributed by atoms with van der Waals surface area (Å²) in [6, 6.07) is 6.98. The topological polar surface area (TPSA) is 64.4 Å². The molecule has 0 unspecified atom stereocenters. The van der Waals surface area contributed by atoms with E-state index in [9.17, 15) is 4.79 Å². The molecule has 1 aromatic carbocycles. The number of hydrogen-bond donors (Lipinski definition) is 1. The summed E-state index contributed by atoms with van der Waals surface area (Å²) < 4.78 is 10.3. The number of halogens is 1. The Bertz CT molecular complexity index is 584. The first-order valence-electron chi connectivity index (χ1n) is 6.24. The standard InChI is InChI=1S/C14H15ClN2O3/c1-3-11(14(18)16-13-6-7-19-17-13)20-12-8-9(2)4-5-10(12)15/h4-8,11H,3H2,1-2H3,(H,16,17,18)/t11-/m0/s1. The average molecular weight is 295 g/mol. The number of carbonyl (C=O) groups excluding carboxylic acids is 1. The van der Waals surface area contributed by atoms with Crippen molar-refractivity contribution in [2.24, 2.45) is 0 Å². The van der Waals surface area contributed by atoms with E-state index in [1.54, 1.807) is 18.2 Å². The quantitative estimate of drug-likeness (QED) is 0.917. The monoisotopic (exact) mass is 294 g/mol. The number of nitrogens with zero attached hydrogens (tertiary/aromatic N) is 1. The Kier molecular flexibility index (Phi) is 4.63.